The van der Waals surface area contributed by atoms with Crippen LogP contribution in [0.25, 0.3) is 0 Å². The lowest BCUT2D eigenvalue weighted by Gasteiger charge is -2.07. The van der Waals surface area contributed by atoms with Crippen molar-refractivity contribution >= 4 is 35.2 Å². The first kappa shape index (κ1) is 19.6. The molecule has 0 radical (unpaired) electrons. The van der Waals surface area contributed by atoms with Gasteiger partial charge in [-0.25, -0.2) is 4.79 Å². The van der Waals surface area contributed by atoms with E-state index in [1.807, 2.05) is 12.2 Å². The minimum Gasteiger partial charge on any atom is -0.454 e. The summed E-state index contributed by atoms with van der Waals surface area (Å²) in [6, 6.07) is 2.73. The van der Waals surface area contributed by atoms with Crippen LogP contribution in [0.3, 0.4) is 0 Å². The quantitative estimate of drug-likeness (QED) is 0.437. The van der Waals surface area contributed by atoms with Crippen LogP contribution >= 0.6 is 11.3 Å². The zero-order valence-corrected chi connectivity index (χ0v) is 14.2. The Balaban J connectivity index is 2.20. The maximum atomic E-state index is 11.7. The molecule has 0 saturated carbocycles. The summed E-state index contributed by atoms with van der Waals surface area (Å²) in [6.45, 7) is 1.41. The lowest BCUT2D eigenvalue weighted by Crippen LogP contribution is -2.42. The zero-order chi connectivity index (χ0) is 17.9. The molecule has 0 aliphatic rings. The molecule has 0 atom stereocenters. The summed E-state index contributed by atoms with van der Waals surface area (Å²) in [5.74, 6) is -1.96. The molecule has 0 aliphatic heterocycles. The van der Waals surface area contributed by atoms with E-state index in [0.29, 0.717) is 11.5 Å². The third-order valence-electron chi connectivity index (χ3n) is 2.57. The van der Waals surface area contributed by atoms with Gasteiger partial charge >= 0.3 is 12.0 Å². The van der Waals surface area contributed by atoms with Crippen LogP contribution in [0, 0.1) is 6.92 Å². The summed E-state index contributed by atoms with van der Waals surface area (Å²) in [7, 11) is 1.47. The first-order chi connectivity index (χ1) is 11.4. The van der Waals surface area contributed by atoms with Crippen LogP contribution in [0.15, 0.2) is 12.1 Å². The van der Waals surface area contributed by atoms with E-state index in [4.69, 9.17) is 4.74 Å². The minimum atomic E-state index is -0.786. The molecule has 0 saturated heterocycles. The summed E-state index contributed by atoms with van der Waals surface area (Å²) in [5, 5.41) is 6.73. The van der Waals surface area contributed by atoms with Gasteiger partial charge in [0.15, 0.2) is 6.61 Å². The molecule has 1 heterocycles. The molecular weight excluding hydrogens is 338 g/mol. The molecule has 132 valence electrons. The number of aryl methyl sites for hydroxylation is 1. The Morgan fingerprint density at radius 3 is 2.54 bits per heavy atom. The van der Waals surface area contributed by atoms with E-state index in [1.165, 1.54) is 18.4 Å². The molecule has 0 spiro atoms. The molecule has 1 aromatic rings. The number of carbonyl (C=O) groups is 4. The largest absolute Gasteiger partial charge is 0.454 e. The van der Waals surface area contributed by atoms with Gasteiger partial charge in [-0.1, -0.05) is 0 Å². The number of thiophene rings is 1. The molecule has 10 heteroatoms. The summed E-state index contributed by atoms with van der Waals surface area (Å²) >= 11 is 1.30. The highest BCUT2D eigenvalue weighted by atomic mass is 32.1. The Kier molecular flexibility index (Phi) is 8.44. The van der Waals surface area contributed by atoms with Crippen molar-refractivity contribution in [1.29, 1.82) is 0 Å². The van der Waals surface area contributed by atoms with Crippen molar-refractivity contribution in [2.24, 2.45) is 0 Å². The average Bonchev–Trinajstić information content (AvgIpc) is 2.97. The van der Waals surface area contributed by atoms with Gasteiger partial charge in [0.05, 0.1) is 11.5 Å². The van der Waals surface area contributed by atoms with E-state index < -0.39 is 30.4 Å². The molecule has 1 rings (SSSR count). The number of imide groups is 1. The molecular formula is C14H19N3O6S. The van der Waals surface area contributed by atoms with Crippen LogP contribution in [0.2, 0.25) is 0 Å². The highest BCUT2D eigenvalue weighted by Gasteiger charge is 2.13. The number of methoxy groups -OCH3 is 1. The number of esters is 1. The van der Waals surface area contributed by atoms with Crippen molar-refractivity contribution in [2.75, 3.05) is 33.4 Å². The van der Waals surface area contributed by atoms with E-state index in [9.17, 15) is 19.2 Å². The van der Waals surface area contributed by atoms with Gasteiger partial charge in [-0.05, 0) is 19.1 Å². The highest BCUT2D eigenvalue weighted by molar-refractivity contribution is 7.13. The monoisotopic (exact) mass is 357 g/mol. The van der Waals surface area contributed by atoms with Gasteiger partial charge in [0.2, 0.25) is 0 Å². The van der Waals surface area contributed by atoms with Crippen molar-refractivity contribution < 1.29 is 28.7 Å². The van der Waals surface area contributed by atoms with E-state index >= 15 is 0 Å². The third-order valence-corrected chi connectivity index (χ3v) is 3.57. The highest BCUT2D eigenvalue weighted by Crippen LogP contribution is 2.14. The van der Waals surface area contributed by atoms with Gasteiger partial charge in [0, 0.05) is 18.5 Å². The zero-order valence-electron chi connectivity index (χ0n) is 13.3. The van der Waals surface area contributed by atoms with Crippen LogP contribution < -0.4 is 16.0 Å². The molecule has 24 heavy (non-hydrogen) atoms. The van der Waals surface area contributed by atoms with Gasteiger partial charge in [-0.2, -0.15) is 0 Å². The van der Waals surface area contributed by atoms with Crippen LogP contribution in [-0.2, 0) is 19.1 Å². The Bertz CT molecular complexity index is 601. The number of carbonyl (C=O) groups excluding carboxylic acids is 4. The molecule has 0 unspecified atom stereocenters. The molecule has 9 nitrogen and oxygen atoms in total. The van der Waals surface area contributed by atoms with Gasteiger partial charge in [-0.3, -0.25) is 19.7 Å². The topological polar surface area (TPSA) is 123 Å². The van der Waals surface area contributed by atoms with E-state index in [2.05, 4.69) is 15.4 Å². The first-order valence-corrected chi connectivity index (χ1v) is 7.81. The number of hydrogen-bond acceptors (Lipinski definition) is 7. The first-order valence-electron chi connectivity index (χ1n) is 6.99. The normalized spacial score (nSPS) is 9.92. The molecule has 4 amide bonds. The van der Waals surface area contributed by atoms with Gasteiger partial charge in [0.25, 0.3) is 11.8 Å². The molecule has 0 aromatic carbocycles. The van der Waals surface area contributed by atoms with E-state index in [0.717, 1.165) is 4.88 Å². The molecule has 0 aliphatic carbocycles. The van der Waals surface area contributed by atoms with Gasteiger partial charge in [-0.15, -0.1) is 11.3 Å². The Labute approximate surface area is 142 Å². The van der Waals surface area contributed by atoms with Crippen molar-refractivity contribution in [1.82, 2.24) is 16.0 Å². The van der Waals surface area contributed by atoms with E-state index in [-0.39, 0.29) is 13.1 Å². The number of hydrogen-bond donors (Lipinski definition) is 3. The summed E-state index contributed by atoms with van der Waals surface area (Å²) in [4.78, 5) is 47.3. The Morgan fingerprint density at radius 1 is 1.17 bits per heavy atom. The number of rotatable bonds is 8. The van der Waals surface area contributed by atoms with Crippen LogP contribution in [0.1, 0.15) is 14.5 Å². The standard InChI is InChI=1S/C14H19N3O6S/c1-9-3-4-10(24-9)13(20)16-7-12(19)23-8-11(18)17-14(21)15-5-6-22-2/h3-4H,5-8H2,1-2H3,(H,16,20)(H2,15,17,18,21). The molecule has 3 N–H and O–H groups in total. The second-order valence-corrected chi connectivity index (χ2v) is 5.84. The van der Waals surface area contributed by atoms with Crippen molar-refractivity contribution in [2.45, 2.75) is 6.92 Å². The van der Waals surface area contributed by atoms with Crippen molar-refractivity contribution in [3.8, 4) is 0 Å². The number of urea groups is 1. The lowest BCUT2D eigenvalue weighted by molar-refractivity contribution is -0.147. The fourth-order valence-electron chi connectivity index (χ4n) is 1.47. The molecule has 0 fully saturated rings. The lowest BCUT2D eigenvalue weighted by atomic mass is 10.4. The number of amides is 4. The summed E-state index contributed by atoms with van der Waals surface area (Å²) < 4.78 is 9.38. The number of ether oxygens (including phenoxy) is 2. The third kappa shape index (κ3) is 7.70. The second kappa shape index (κ2) is 10.3. The fraction of sp³-hybridized carbons (Fsp3) is 0.429. The van der Waals surface area contributed by atoms with Crippen molar-refractivity contribution in [3.63, 3.8) is 0 Å². The molecule has 0 bridgehead atoms. The van der Waals surface area contributed by atoms with Gasteiger partial charge < -0.3 is 20.1 Å². The molecule has 1 aromatic heterocycles. The predicted octanol–water partition coefficient (Wildman–Crippen LogP) is -0.198. The smallest absolute Gasteiger partial charge is 0.325 e. The maximum absolute atomic E-state index is 11.7. The van der Waals surface area contributed by atoms with Crippen LogP contribution in [-0.4, -0.2) is 57.2 Å². The maximum Gasteiger partial charge on any atom is 0.325 e. The van der Waals surface area contributed by atoms with Gasteiger partial charge in [0.1, 0.15) is 6.54 Å². The SMILES string of the molecule is COCCNC(=O)NC(=O)COC(=O)CNC(=O)c1ccc(C)s1. The Morgan fingerprint density at radius 2 is 1.92 bits per heavy atom. The predicted molar refractivity (Wildman–Crippen MR) is 85.8 cm³/mol. The Hall–Kier alpha value is -2.46. The summed E-state index contributed by atoms with van der Waals surface area (Å²) in [5.41, 5.74) is 0. The minimum absolute atomic E-state index is 0.240. The van der Waals surface area contributed by atoms with Crippen LogP contribution in [0.5, 0.6) is 0 Å². The summed E-state index contributed by atoms with van der Waals surface area (Å²) in [6.07, 6.45) is 0. The second-order valence-electron chi connectivity index (χ2n) is 4.55. The fourth-order valence-corrected chi connectivity index (χ4v) is 2.25. The van der Waals surface area contributed by atoms with Crippen LogP contribution in [0.4, 0.5) is 4.79 Å². The number of nitrogens with one attached hydrogen (secondary N) is 3. The van der Waals surface area contributed by atoms with E-state index in [1.54, 1.807) is 12.1 Å². The average molecular weight is 357 g/mol. The van der Waals surface area contributed by atoms with Crippen molar-refractivity contribution in [3.05, 3.63) is 21.9 Å².